The molecule has 0 saturated heterocycles. The van der Waals surface area contributed by atoms with Crippen LogP contribution in [0.2, 0.25) is 0 Å². The molecule has 0 aliphatic heterocycles. The van der Waals surface area contributed by atoms with Gasteiger partial charge in [-0.3, -0.25) is 9.59 Å². The fourth-order valence-electron chi connectivity index (χ4n) is 2.70. The molecule has 0 aromatic heterocycles. The Bertz CT molecular complexity index is 762. The fourth-order valence-corrected chi connectivity index (χ4v) is 2.70. The zero-order chi connectivity index (χ0) is 19.8. The monoisotopic (exact) mass is 376 g/mol. The van der Waals surface area contributed by atoms with E-state index in [0.29, 0.717) is 5.69 Å². The maximum absolute atomic E-state index is 13.1. The number of carbonyl (C=O) groups is 2. The molecule has 0 aliphatic rings. The van der Waals surface area contributed by atoms with E-state index >= 15 is 0 Å². The Morgan fingerprint density at radius 1 is 0.926 bits per heavy atom. The zero-order valence-corrected chi connectivity index (χ0v) is 15.3. The topological polar surface area (TPSA) is 74.8 Å². The molecule has 5 nitrogen and oxygen atoms in total. The lowest BCUT2D eigenvalue weighted by Gasteiger charge is -2.19. The number of benzene rings is 2. The summed E-state index contributed by atoms with van der Waals surface area (Å²) in [7, 11) is 0. The predicted octanol–water partition coefficient (Wildman–Crippen LogP) is 1.98. The lowest BCUT2D eigenvalue weighted by molar-refractivity contribution is -0.692. The number of hydrogen-bond donors (Lipinski definition) is 3. The van der Waals surface area contributed by atoms with Crippen LogP contribution in [-0.2, 0) is 9.59 Å². The van der Waals surface area contributed by atoms with Crippen LogP contribution in [0.25, 0.3) is 0 Å². The third-order valence-corrected chi connectivity index (χ3v) is 4.10. The minimum absolute atomic E-state index is 0.00407. The van der Waals surface area contributed by atoms with E-state index in [1.807, 2.05) is 19.2 Å². The SMILES string of the molecule is CC(C)[C@H]([NH2+]CC(=O)NCC(=O)Nc1ccc(F)cc1)c1ccc(F)cc1. The summed E-state index contributed by atoms with van der Waals surface area (Å²) in [5.41, 5.74) is 1.40. The number of nitrogens with one attached hydrogen (secondary N) is 2. The van der Waals surface area contributed by atoms with E-state index in [9.17, 15) is 18.4 Å². The van der Waals surface area contributed by atoms with Crippen LogP contribution < -0.4 is 16.0 Å². The maximum atomic E-state index is 13.1. The molecule has 0 saturated carbocycles. The van der Waals surface area contributed by atoms with E-state index in [1.54, 1.807) is 12.1 Å². The highest BCUT2D eigenvalue weighted by molar-refractivity contribution is 5.94. The van der Waals surface area contributed by atoms with Gasteiger partial charge in [-0.2, -0.15) is 0 Å². The van der Waals surface area contributed by atoms with Crippen LogP contribution in [0.4, 0.5) is 14.5 Å². The van der Waals surface area contributed by atoms with Gasteiger partial charge in [0, 0.05) is 17.2 Å². The molecular formula is C20H24F2N3O2+. The Balaban J connectivity index is 1.79. The summed E-state index contributed by atoms with van der Waals surface area (Å²) >= 11 is 0. The highest BCUT2D eigenvalue weighted by atomic mass is 19.1. The van der Waals surface area contributed by atoms with Crippen LogP contribution in [0.15, 0.2) is 48.5 Å². The number of halogens is 2. The van der Waals surface area contributed by atoms with Crippen LogP contribution in [0.5, 0.6) is 0 Å². The molecule has 0 radical (unpaired) electrons. The summed E-state index contributed by atoms with van der Waals surface area (Å²) in [5, 5.41) is 6.99. The average Bonchev–Trinajstić information content (AvgIpc) is 2.63. The van der Waals surface area contributed by atoms with Gasteiger partial charge in [-0.1, -0.05) is 26.0 Å². The maximum Gasteiger partial charge on any atom is 0.275 e. The molecule has 144 valence electrons. The highest BCUT2D eigenvalue weighted by Crippen LogP contribution is 2.17. The Labute approximate surface area is 157 Å². The number of hydrogen-bond acceptors (Lipinski definition) is 2. The first-order valence-electron chi connectivity index (χ1n) is 8.76. The number of amides is 2. The Hall–Kier alpha value is -2.80. The quantitative estimate of drug-likeness (QED) is 0.659. The minimum Gasteiger partial charge on any atom is -0.342 e. The first-order chi connectivity index (χ1) is 12.8. The van der Waals surface area contributed by atoms with Crippen molar-refractivity contribution in [2.75, 3.05) is 18.4 Å². The molecule has 2 rings (SSSR count). The van der Waals surface area contributed by atoms with Crippen molar-refractivity contribution in [3.05, 3.63) is 65.7 Å². The van der Waals surface area contributed by atoms with Crippen molar-refractivity contribution in [3.8, 4) is 0 Å². The second-order valence-corrected chi connectivity index (χ2v) is 6.59. The van der Waals surface area contributed by atoms with Crippen LogP contribution >= 0.6 is 0 Å². The van der Waals surface area contributed by atoms with Crippen molar-refractivity contribution < 1.29 is 23.7 Å². The molecule has 7 heteroatoms. The standard InChI is InChI=1S/C20H23F2N3O2/c1-13(2)20(14-3-5-15(21)6-4-14)24-11-18(26)23-12-19(27)25-17-9-7-16(22)8-10-17/h3-10,13,20,24H,11-12H2,1-2H3,(H,23,26)(H,25,27)/p+1/t20-/m0/s1. The summed E-state index contributed by atoms with van der Waals surface area (Å²) in [4.78, 5) is 23.9. The van der Waals surface area contributed by atoms with Crippen LogP contribution in [0.1, 0.15) is 25.5 Å². The lowest BCUT2D eigenvalue weighted by atomic mass is 9.96. The van der Waals surface area contributed by atoms with Gasteiger partial charge >= 0.3 is 0 Å². The van der Waals surface area contributed by atoms with Crippen molar-refractivity contribution in [2.45, 2.75) is 19.9 Å². The predicted molar refractivity (Wildman–Crippen MR) is 98.8 cm³/mol. The Morgan fingerprint density at radius 2 is 1.48 bits per heavy atom. The van der Waals surface area contributed by atoms with E-state index in [4.69, 9.17) is 0 Å². The van der Waals surface area contributed by atoms with Gasteiger partial charge in [0.05, 0.1) is 6.54 Å². The molecule has 0 bridgehead atoms. The molecule has 2 aromatic rings. The number of quaternary nitrogens is 1. The molecule has 0 unspecified atom stereocenters. The highest BCUT2D eigenvalue weighted by Gasteiger charge is 2.20. The fraction of sp³-hybridized carbons (Fsp3) is 0.300. The Kier molecular flexibility index (Phi) is 7.43. The molecule has 27 heavy (non-hydrogen) atoms. The summed E-state index contributed by atoms with van der Waals surface area (Å²) in [6.07, 6.45) is 0. The number of rotatable bonds is 8. The minimum atomic E-state index is -0.395. The molecule has 0 fully saturated rings. The number of carbonyl (C=O) groups excluding carboxylic acids is 2. The molecule has 0 aliphatic carbocycles. The molecule has 0 heterocycles. The van der Waals surface area contributed by atoms with Crippen LogP contribution in [0, 0.1) is 17.6 Å². The summed E-state index contributed by atoms with van der Waals surface area (Å²) in [5.74, 6) is -1.13. The summed E-state index contributed by atoms with van der Waals surface area (Å²) < 4.78 is 25.9. The van der Waals surface area contributed by atoms with Crippen molar-refractivity contribution in [3.63, 3.8) is 0 Å². The summed E-state index contributed by atoms with van der Waals surface area (Å²) in [6.45, 7) is 4.02. The molecule has 0 spiro atoms. The molecule has 2 amide bonds. The first kappa shape index (κ1) is 20.5. The van der Waals surface area contributed by atoms with Gasteiger partial charge in [-0.15, -0.1) is 0 Å². The second kappa shape index (κ2) is 9.78. The van der Waals surface area contributed by atoms with E-state index < -0.39 is 11.7 Å². The third kappa shape index (κ3) is 6.79. The van der Waals surface area contributed by atoms with Crippen molar-refractivity contribution in [1.82, 2.24) is 5.32 Å². The van der Waals surface area contributed by atoms with Gasteiger partial charge in [-0.25, -0.2) is 8.78 Å². The largest absolute Gasteiger partial charge is 0.342 e. The molecule has 4 N–H and O–H groups in total. The smallest absolute Gasteiger partial charge is 0.275 e. The van der Waals surface area contributed by atoms with Gasteiger partial charge in [0.2, 0.25) is 5.91 Å². The van der Waals surface area contributed by atoms with E-state index in [-0.39, 0.29) is 36.8 Å². The van der Waals surface area contributed by atoms with E-state index in [2.05, 4.69) is 10.6 Å². The van der Waals surface area contributed by atoms with Crippen molar-refractivity contribution >= 4 is 17.5 Å². The van der Waals surface area contributed by atoms with Crippen LogP contribution in [-0.4, -0.2) is 24.9 Å². The lowest BCUT2D eigenvalue weighted by Crippen LogP contribution is -2.88. The van der Waals surface area contributed by atoms with Gasteiger partial charge in [0.15, 0.2) is 6.54 Å². The number of nitrogens with two attached hydrogens (primary N) is 1. The number of anilines is 1. The van der Waals surface area contributed by atoms with Gasteiger partial charge < -0.3 is 16.0 Å². The van der Waals surface area contributed by atoms with Crippen LogP contribution in [0.3, 0.4) is 0 Å². The zero-order valence-electron chi connectivity index (χ0n) is 15.3. The molecular weight excluding hydrogens is 352 g/mol. The van der Waals surface area contributed by atoms with Gasteiger partial charge in [0.1, 0.15) is 17.7 Å². The first-order valence-corrected chi connectivity index (χ1v) is 8.76. The van der Waals surface area contributed by atoms with Gasteiger partial charge in [0.25, 0.3) is 5.91 Å². The summed E-state index contributed by atoms with van der Waals surface area (Å²) in [6, 6.07) is 11.6. The van der Waals surface area contributed by atoms with E-state index in [0.717, 1.165) is 5.56 Å². The third-order valence-electron chi connectivity index (χ3n) is 4.10. The average molecular weight is 376 g/mol. The van der Waals surface area contributed by atoms with Gasteiger partial charge in [-0.05, 0) is 36.4 Å². The van der Waals surface area contributed by atoms with Crippen molar-refractivity contribution in [2.24, 2.45) is 5.92 Å². The molecule has 2 aromatic carbocycles. The van der Waals surface area contributed by atoms with Crippen molar-refractivity contribution in [1.29, 1.82) is 0 Å². The molecule has 1 atom stereocenters. The van der Waals surface area contributed by atoms with E-state index in [1.165, 1.54) is 36.4 Å². The second-order valence-electron chi connectivity index (χ2n) is 6.59. The Morgan fingerprint density at radius 3 is 2.04 bits per heavy atom. The normalized spacial score (nSPS) is 11.9.